The Hall–Kier alpha value is -1.14. The largest absolute Gasteiger partial charge is 0.431 e. The average molecular weight is 268 g/mol. The van der Waals surface area contributed by atoms with Crippen LogP contribution in [0.1, 0.15) is 20.3 Å². The normalized spacial score (nSPS) is 35.0. The fraction of sp³-hybridized carbons (Fsp3) is 0.727. The van der Waals surface area contributed by atoms with Gasteiger partial charge < -0.3 is 5.73 Å². The molecule has 0 aliphatic heterocycles. The van der Waals surface area contributed by atoms with Gasteiger partial charge in [0, 0.05) is 17.5 Å². The van der Waals surface area contributed by atoms with Crippen LogP contribution in [0.3, 0.4) is 0 Å². The van der Waals surface area contributed by atoms with Crippen LogP contribution in [0, 0.1) is 11.8 Å². The van der Waals surface area contributed by atoms with Crippen LogP contribution >= 0.6 is 0 Å². The Morgan fingerprint density at radius 3 is 2.39 bits per heavy atom. The molecule has 0 unspecified atom stereocenters. The van der Waals surface area contributed by atoms with Crippen molar-refractivity contribution >= 4 is 5.71 Å². The number of halogens is 5. The first kappa shape index (κ1) is 13.3. The van der Waals surface area contributed by atoms with Gasteiger partial charge in [0.05, 0.1) is 0 Å². The molecule has 0 aromatic carbocycles. The third kappa shape index (κ3) is 1.89. The molecule has 0 aromatic heterocycles. The molecule has 0 radical (unpaired) electrons. The Morgan fingerprint density at radius 1 is 1.39 bits per heavy atom. The van der Waals surface area contributed by atoms with Crippen LogP contribution in [-0.4, -0.2) is 23.9 Å². The van der Waals surface area contributed by atoms with E-state index in [1.807, 2.05) is 0 Å². The van der Waals surface area contributed by atoms with E-state index in [0.717, 1.165) is 0 Å². The first-order valence-corrected chi connectivity index (χ1v) is 5.60. The summed E-state index contributed by atoms with van der Waals surface area (Å²) >= 11 is 0. The monoisotopic (exact) mass is 268 g/mol. The highest BCUT2D eigenvalue weighted by Gasteiger charge is 2.68. The van der Waals surface area contributed by atoms with Crippen LogP contribution in [0.4, 0.5) is 22.0 Å². The summed E-state index contributed by atoms with van der Waals surface area (Å²) in [7, 11) is 0. The van der Waals surface area contributed by atoms with Crippen LogP contribution < -0.4 is 5.73 Å². The van der Waals surface area contributed by atoms with E-state index < -0.39 is 47.0 Å². The highest BCUT2D eigenvalue weighted by Crippen LogP contribution is 2.62. The molecule has 102 valence electrons. The van der Waals surface area contributed by atoms with Gasteiger partial charge in [0.25, 0.3) is 5.92 Å². The first-order valence-electron chi connectivity index (χ1n) is 5.60. The molecule has 0 saturated heterocycles. The van der Waals surface area contributed by atoms with Crippen LogP contribution in [0.2, 0.25) is 0 Å². The summed E-state index contributed by atoms with van der Waals surface area (Å²) in [6.07, 6.45) is -4.74. The molecule has 2 fully saturated rings. The smallest absolute Gasteiger partial charge is 0.394 e. The lowest BCUT2D eigenvalue weighted by Crippen LogP contribution is -2.32. The van der Waals surface area contributed by atoms with Gasteiger partial charge in [-0.1, -0.05) is 0 Å². The molecule has 2 nitrogen and oxygen atoms in total. The molecule has 2 aliphatic carbocycles. The van der Waals surface area contributed by atoms with Crippen LogP contribution in [-0.2, 0) is 0 Å². The predicted octanol–water partition coefficient (Wildman–Crippen LogP) is 2.90. The van der Waals surface area contributed by atoms with Crippen molar-refractivity contribution in [1.29, 1.82) is 0 Å². The third-order valence-electron chi connectivity index (χ3n) is 3.18. The minimum atomic E-state index is -4.79. The summed E-state index contributed by atoms with van der Waals surface area (Å²) in [6.45, 7) is 3.07. The maximum Gasteiger partial charge on any atom is 0.431 e. The van der Waals surface area contributed by atoms with Gasteiger partial charge in [0.1, 0.15) is 11.4 Å². The lowest BCUT2D eigenvalue weighted by atomic mass is 10.0. The van der Waals surface area contributed by atoms with Crippen molar-refractivity contribution < 1.29 is 22.0 Å². The molecular weight excluding hydrogens is 255 g/mol. The highest BCUT2D eigenvalue weighted by molar-refractivity contribution is 6.10. The van der Waals surface area contributed by atoms with E-state index in [1.165, 1.54) is 13.8 Å². The molecule has 18 heavy (non-hydrogen) atoms. The molecule has 0 bridgehead atoms. The summed E-state index contributed by atoms with van der Waals surface area (Å²) in [5.41, 5.74) is 2.31. The lowest BCUT2D eigenvalue weighted by molar-refractivity contribution is -0.0933. The number of hydrogen-bond donors (Lipinski definition) is 1. The molecule has 2 aliphatic rings. The van der Waals surface area contributed by atoms with Crippen LogP contribution in [0.15, 0.2) is 16.3 Å². The van der Waals surface area contributed by atoms with Crippen molar-refractivity contribution in [3.63, 3.8) is 0 Å². The minimum Gasteiger partial charge on any atom is -0.394 e. The van der Waals surface area contributed by atoms with Crippen molar-refractivity contribution in [2.24, 2.45) is 22.6 Å². The average Bonchev–Trinajstić information content (AvgIpc) is 2.90. The van der Waals surface area contributed by atoms with Crippen LogP contribution in [0.25, 0.3) is 0 Å². The fourth-order valence-corrected chi connectivity index (χ4v) is 2.34. The first-order chi connectivity index (χ1) is 8.06. The molecule has 2 N–H and O–H groups in total. The quantitative estimate of drug-likeness (QED) is 0.730. The second-order valence-corrected chi connectivity index (χ2v) is 4.97. The van der Waals surface area contributed by atoms with E-state index in [0.29, 0.717) is 0 Å². The van der Waals surface area contributed by atoms with Gasteiger partial charge in [-0.3, -0.25) is 4.99 Å². The van der Waals surface area contributed by atoms with E-state index in [9.17, 15) is 22.0 Å². The number of hydrogen-bond acceptors (Lipinski definition) is 2. The zero-order chi connectivity index (χ0) is 13.9. The number of rotatable bonds is 1. The number of alkyl halides is 5. The zero-order valence-corrected chi connectivity index (χ0v) is 9.85. The number of nitrogens with two attached hydrogens (primary N) is 1. The topological polar surface area (TPSA) is 38.4 Å². The number of nitrogens with zero attached hydrogens (tertiary/aromatic N) is 1. The summed E-state index contributed by atoms with van der Waals surface area (Å²) in [5, 5.41) is 0. The summed E-state index contributed by atoms with van der Waals surface area (Å²) in [6, 6.07) is -0.501. The molecular formula is C11H13F5N2. The molecule has 0 spiro atoms. The molecule has 2 atom stereocenters. The molecule has 2 saturated carbocycles. The van der Waals surface area contributed by atoms with Crippen molar-refractivity contribution in [1.82, 2.24) is 0 Å². The van der Waals surface area contributed by atoms with Gasteiger partial charge in [0.2, 0.25) is 0 Å². The van der Waals surface area contributed by atoms with Crippen molar-refractivity contribution in [3.8, 4) is 0 Å². The Labute approximate surface area is 101 Å². The van der Waals surface area contributed by atoms with Gasteiger partial charge in [-0.2, -0.15) is 22.0 Å². The maximum absolute atomic E-state index is 13.8. The lowest BCUT2D eigenvalue weighted by Gasteiger charge is -2.18. The van der Waals surface area contributed by atoms with Crippen LogP contribution in [0.5, 0.6) is 0 Å². The van der Waals surface area contributed by atoms with E-state index in [1.54, 1.807) is 0 Å². The van der Waals surface area contributed by atoms with E-state index in [-0.39, 0.29) is 6.42 Å². The Balaban J connectivity index is 2.54. The number of aliphatic imine (C=N–C) groups is 1. The van der Waals surface area contributed by atoms with Crippen molar-refractivity contribution in [2.75, 3.05) is 0 Å². The van der Waals surface area contributed by atoms with Gasteiger partial charge in [-0.05, 0) is 26.2 Å². The molecule has 0 heterocycles. The van der Waals surface area contributed by atoms with Crippen molar-refractivity contribution in [3.05, 3.63) is 11.3 Å². The second kappa shape index (κ2) is 3.68. The van der Waals surface area contributed by atoms with Gasteiger partial charge in [-0.25, -0.2) is 0 Å². The second-order valence-electron chi connectivity index (χ2n) is 4.97. The Morgan fingerprint density at radius 2 is 1.94 bits per heavy atom. The SMILES string of the molecule is CC(C)N=C1C(=C(N)C(F)(F)F)[C@@H]2C[C@@H]2C1(F)F. The summed E-state index contributed by atoms with van der Waals surface area (Å²) < 4.78 is 65.3. The molecule has 0 aromatic rings. The minimum absolute atomic E-state index is 0.0518. The summed E-state index contributed by atoms with van der Waals surface area (Å²) in [5.74, 6) is -5.15. The third-order valence-corrected chi connectivity index (χ3v) is 3.18. The highest BCUT2D eigenvalue weighted by atomic mass is 19.4. The Bertz CT molecular complexity index is 433. The van der Waals surface area contributed by atoms with Gasteiger partial charge in [0.15, 0.2) is 0 Å². The zero-order valence-electron chi connectivity index (χ0n) is 9.85. The predicted molar refractivity (Wildman–Crippen MR) is 56.4 cm³/mol. The number of fused-ring (bicyclic) bond motifs is 1. The molecule has 0 amide bonds. The Kier molecular flexibility index (Phi) is 2.72. The van der Waals surface area contributed by atoms with E-state index in [4.69, 9.17) is 5.73 Å². The van der Waals surface area contributed by atoms with Gasteiger partial charge >= 0.3 is 6.18 Å². The van der Waals surface area contributed by atoms with E-state index in [2.05, 4.69) is 4.99 Å². The summed E-state index contributed by atoms with van der Waals surface area (Å²) in [4.78, 5) is 3.65. The molecule has 7 heteroatoms. The van der Waals surface area contributed by atoms with Gasteiger partial charge in [-0.15, -0.1) is 0 Å². The fourth-order valence-electron chi connectivity index (χ4n) is 2.34. The van der Waals surface area contributed by atoms with E-state index >= 15 is 0 Å². The standard InChI is InChI=1S/C11H13F5N2/c1-4(2)18-9-7(8(17)11(14,15)16)5-3-6(5)10(9,12)13/h4-6H,3,17H2,1-2H3/t5-,6+/m1/s1. The van der Waals surface area contributed by atoms with Crippen molar-refractivity contribution in [2.45, 2.75) is 38.4 Å². The maximum atomic E-state index is 13.8. The molecule has 2 rings (SSSR count). The number of allylic oxidation sites excluding steroid dienone is 2.